The molecule has 0 unspecified atom stereocenters. The largest absolute Gasteiger partial charge is 0.354 e. The lowest BCUT2D eigenvalue weighted by Gasteiger charge is -2.26. The summed E-state index contributed by atoms with van der Waals surface area (Å²) in [6.07, 6.45) is 0. The Kier molecular flexibility index (Phi) is 9.05. The maximum absolute atomic E-state index is 13.5. The van der Waals surface area contributed by atoms with Crippen LogP contribution >= 0.6 is 23.4 Å². The van der Waals surface area contributed by atoms with Crippen molar-refractivity contribution in [1.29, 1.82) is 0 Å². The second-order valence-electron chi connectivity index (χ2n) is 8.14. The van der Waals surface area contributed by atoms with Gasteiger partial charge in [-0.05, 0) is 62.2 Å². The van der Waals surface area contributed by atoms with Crippen molar-refractivity contribution in [3.8, 4) is 0 Å². The fraction of sp³-hybridized carbons (Fsp3) is 0.269. The van der Waals surface area contributed by atoms with E-state index in [9.17, 15) is 13.2 Å². The standard InChI is InChI=1S/C26H29ClN2O3S2/c1-19-4-11-24(12-5-19)34(31,32)29(25-13-6-20(2)16-21(25)3)17-26(30)28-14-15-33-18-22-7-9-23(27)10-8-22/h4-13,16H,14-15,17-18H2,1-3H3,(H,28,30). The topological polar surface area (TPSA) is 66.5 Å². The number of amides is 1. The minimum atomic E-state index is -3.92. The summed E-state index contributed by atoms with van der Waals surface area (Å²) >= 11 is 7.60. The van der Waals surface area contributed by atoms with Gasteiger partial charge in [-0.25, -0.2) is 8.42 Å². The van der Waals surface area contributed by atoms with Crippen molar-refractivity contribution >= 4 is 45.0 Å². The number of nitrogens with zero attached hydrogens (tertiary/aromatic N) is 1. The third kappa shape index (κ3) is 7.01. The predicted octanol–water partition coefficient (Wildman–Crippen LogP) is 5.51. The maximum atomic E-state index is 13.5. The Hall–Kier alpha value is -2.48. The summed E-state index contributed by atoms with van der Waals surface area (Å²) in [4.78, 5) is 12.9. The number of benzene rings is 3. The van der Waals surface area contributed by atoms with E-state index in [1.54, 1.807) is 42.1 Å². The molecule has 3 rings (SSSR count). The maximum Gasteiger partial charge on any atom is 0.264 e. The molecule has 0 aliphatic rings. The molecule has 0 aliphatic heterocycles. The molecule has 8 heteroatoms. The van der Waals surface area contributed by atoms with E-state index in [-0.39, 0.29) is 17.3 Å². The number of carbonyl (C=O) groups is 1. The Morgan fingerprint density at radius 3 is 2.24 bits per heavy atom. The number of hydrogen-bond acceptors (Lipinski definition) is 4. The molecule has 0 radical (unpaired) electrons. The molecule has 3 aromatic rings. The first kappa shape index (κ1) is 26.1. The highest BCUT2D eigenvalue weighted by molar-refractivity contribution is 7.98. The molecule has 3 aromatic carbocycles. The Balaban J connectivity index is 1.68. The van der Waals surface area contributed by atoms with E-state index in [0.717, 1.165) is 28.0 Å². The molecule has 0 saturated heterocycles. The first-order valence-electron chi connectivity index (χ1n) is 10.9. The smallest absolute Gasteiger partial charge is 0.264 e. The van der Waals surface area contributed by atoms with Crippen LogP contribution in [0.1, 0.15) is 22.3 Å². The molecule has 1 amide bonds. The zero-order valence-corrected chi connectivity index (χ0v) is 21.9. The average molecular weight is 517 g/mol. The molecule has 0 aromatic heterocycles. The summed E-state index contributed by atoms with van der Waals surface area (Å²) in [7, 11) is -3.92. The van der Waals surface area contributed by atoms with Gasteiger partial charge in [0.05, 0.1) is 10.6 Å². The van der Waals surface area contributed by atoms with Crippen molar-refractivity contribution in [2.45, 2.75) is 31.4 Å². The normalized spacial score (nSPS) is 11.3. The Morgan fingerprint density at radius 2 is 1.59 bits per heavy atom. The van der Waals surface area contributed by atoms with E-state index < -0.39 is 10.0 Å². The second-order valence-corrected chi connectivity index (χ2v) is 11.5. The summed E-state index contributed by atoms with van der Waals surface area (Å²) in [5.41, 5.74) is 4.44. The molecule has 34 heavy (non-hydrogen) atoms. The lowest BCUT2D eigenvalue weighted by molar-refractivity contribution is -0.119. The third-order valence-electron chi connectivity index (χ3n) is 5.27. The van der Waals surface area contributed by atoms with Crippen molar-refractivity contribution in [3.63, 3.8) is 0 Å². The van der Waals surface area contributed by atoms with Gasteiger partial charge in [-0.3, -0.25) is 9.10 Å². The van der Waals surface area contributed by atoms with Crippen molar-refractivity contribution in [2.75, 3.05) is 23.1 Å². The van der Waals surface area contributed by atoms with E-state index in [2.05, 4.69) is 5.32 Å². The molecule has 0 atom stereocenters. The zero-order valence-electron chi connectivity index (χ0n) is 19.5. The summed E-state index contributed by atoms with van der Waals surface area (Å²) in [6.45, 7) is 5.86. The summed E-state index contributed by atoms with van der Waals surface area (Å²) < 4.78 is 28.2. The van der Waals surface area contributed by atoms with E-state index in [4.69, 9.17) is 11.6 Å². The lowest BCUT2D eigenvalue weighted by atomic mass is 10.1. The summed E-state index contributed by atoms with van der Waals surface area (Å²) in [5.74, 6) is 1.18. The molecule has 0 fully saturated rings. The van der Waals surface area contributed by atoms with Gasteiger partial charge in [-0.15, -0.1) is 0 Å². The number of nitrogens with one attached hydrogen (secondary N) is 1. The molecular formula is C26H29ClN2O3S2. The SMILES string of the molecule is Cc1ccc(S(=O)(=O)N(CC(=O)NCCSCc2ccc(Cl)cc2)c2ccc(C)cc2C)cc1. The molecule has 1 N–H and O–H groups in total. The quantitative estimate of drug-likeness (QED) is 0.361. The van der Waals surface area contributed by atoms with Crippen LogP contribution < -0.4 is 9.62 Å². The Labute approximate surface area is 211 Å². The van der Waals surface area contributed by atoms with E-state index in [0.29, 0.717) is 23.0 Å². The fourth-order valence-electron chi connectivity index (χ4n) is 3.44. The third-order valence-corrected chi connectivity index (χ3v) is 8.32. The predicted molar refractivity (Wildman–Crippen MR) is 142 cm³/mol. The van der Waals surface area contributed by atoms with Crippen LogP contribution in [0.15, 0.2) is 71.6 Å². The highest BCUT2D eigenvalue weighted by Gasteiger charge is 2.28. The van der Waals surface area contributed by atoms with Gasteiger partial charge in [-0.1, -0.05) is 59.1 Å². The van der Waals surface area contributed by atoms with Gasteiger partial charge in [0.25, 0.3) is 10.0 Å². The van der Waals surface area contributed by atoms with E-state index >= 15 is 0 Å². The number of carbonyl (C=O) groups excluding carboxylic acids is 1. The second kappa shape index (κ2) is 11.8. The zero-order chi connectivity index (χ0) is 24.7. The monoisotopic (exact) mass is 516 g/mol. The van der Waals surface area contributed by atoms with Crippen molar-refractivity contribution in [1.82, 2.24) is 5.32 Å². The summed E-state index contributed by atoms with van der Waals surface area (Å²) in [6, 6.07) is 19.9. The number of hydrogen-bond donors (Lipinski definition) is 1. The van der Waals surface area contributed by atoms with Gasteiger partial charge in [0.2, 0.25) is 5.91 Å². The fourth-order valence-corrected chi connectivity index (χ4v) is 5.87. The number of thioether (sulfide) groups is 1. The first-order chi connectivity index (χ1) is 16.2. The molecule has 0 aliphatic carbocycles. The van der Waals surface area contributed by atoms with Gasteiger partial charge in [-0.2, -0.15) is 11.8 Å². The van der Waals surface area contributed by atoms with Crippen LogP contribution in [0.25, 0.3) is 0 Å². The molecule has 0 spiro atoms. The van der Waals surface area contributed by atoms with Gasteiger partial charge in [0.15, 0.2) is 0 Å². The number of sulfonamides is 1. The lowest BCUT2D eigenvalue weighted by Crippen LogP contribution is -2.41. The Bertz CT molecular complexity index is 1230. The Morgan fingerprint density at radius 1 is 0.941 bits per heavy atom. The molecule has 0 bridgehead atoms. The summed E-state index contributed by atoms with van der Waals surface area (Å²) in [5, 5.41) is 3.56. The van der Waals surface area contributed by atoms with Gasteiger partial charge in [0, 0.05) is 23.1 Å². The van der Waals surface area contributed by atoms with Crippen LogP contribution in [0.2, 0.25) is 5.02 Å². The van der Waals surface area contributed by atoms with Gasteiger partial charge >= 0.3 is 0 Å². The van der Waals surface area contributed by atoms with Gasteiger partial charge in [0.1, 0.15) is 6.54 Å². The van der Waals surface area contributed by atoms with Crippen LogP contribution in [-0.4, -0.2) is 33.2 Å². The van der Waals surface area contributed by atoms with Crippen molar-refractivity contribution < 1.29 is 13.2 Å². The van der Waals surface area contributed by atoms with Crippen molar-refractivity contribution in [2.24, 2.45) is 0 Å². The van der Waals surface area contributed by atoms with Gasteiger partial charge < -0.3 is 5.32 Å². The first-order valence-corrected chi connectivity index (χ1v) is 13.9. The molecular weight excluding hydrogens is 488 g/mol. The molecule has 5 nitrogen and oxygen atoms in total. The number of halogens is 1. The van der Waals surface area contributed by atoms with Crippen LogP contribution in [-0.2, 0) is 20.6 Å². The average Bonchev–Trinajstić information content (AvgIpc) is 2.79. The van der Waals surface area contributed by atoms with Crippen LogP contribution in [0.3, 0.4) is 0 Å². The van der Waals surface area contributed by atoms with Crippen LogP contribution in [0.4, 0.5) is 5.69 Å². The molecule has 0 heterocycles. The number of aryl methyl sites for hydroxylation is 3. The highest BCUT2D eigenvalue weighted by atomic mass is 35.5. The van der Waals surface area contributed by atoms with Crippen LogP contribution in [0, 0.1) is 20.8 Å². The minimum Gasteiger partial charge on any atom is -0.354 e. The van der Waals surface area contributed by atoms with Crippen molar-refractivity contribution in [3.05, 3.63) is 94.0 Å². The highest BCUT2D eigenvalue weighted by Crippen LogP contribution is 2.27. The number of rotatable bonds is 10. The van der Waals surface area contributed by atoms with E-state index in [1.165, 1.54) is 4.31 Å². The minimum absolute atomic E-state index is 0.157. The van der Waals surface area contributed by atoms with E-state index in [1.807, 2.05) is 57.2 Å². The number of anilines is 1. The van der Waals surface area contributed by atoms with Crippen LogP contribution in [0.5, 0.6) is 0 Å². The molecule has 180 valence electrons. The molecule has 0 saturated carbocycles.